The van der Waals surface area contributed by atoms with Crippen LogP contribution in [-0.2, 0) is 11.8 Å². The fourth-order valence-corrected chi connectivity index (χ4v) is 4.54. The molecule has 5 nitrogen and oxygen atoms in total. The second kappa shape index (κ2) is 8.57. The Hall–Kier alpha value is -2.71. The minimum Gasteiger partial charge on any atom is -0.393 e. The van der Waals surface area contributed by atoms with Crippen LogP contribution in [0.2, 0.25) is 0 Å². The number of benzene rings is 2. The quantitative estimate of drug-likeness (QED) is 0.476. The molecule has 1 aromatic heterocycles. The van der Waals surface area contributed by atoms with Crippen LogP contribution < -0.4 is 5.32 Å². The third kappa shape index (κ3) is 4.82. The molecule has 0 amide bonds. The third-order valence-electron chi connectivity index (χ3n) is 6.49. The van der Waals surface area contributed by atoms with E-state index >= 15 is 0 Å². The normalized spacial score (nSPS) is 22.4. The molecule has 1 fully saturated rings. The molecule has 0 radical (unpaired) electrons. The van der Waals surface area contributed by atoms with E-state index in [9.17, 15) is 23.4 Å². The first-order valence-electron chi connectivity index (χ1n) is 11.1. The van der Waals surface area contributed by atoms with Crippen LogP contribution in [0, 0.1) is 13.8 Å². The molecule has 176 valence electrons. The second-order valence-corrected chi connectivity index (χ2v) is 9.06. The zero-order valence-electron chi connectivity index (χ0n) is 18.9. The highest BCUT2D eigenvalue weighted by atomic mass is 19.4. The molecule has 3 N–H and O–H groups in total. The minimum absolute atomic E-state index is 0.400. The van der Waals surface area contributed by atoms with Gasteiger partial charge in [-0.2, -0.15) is 13.2 Å². The Bertz CT molecular complexity index is 1170. The topological polar surface area (TPSA) is 78.3 Å². The number of hydrogen-bond acceptors (Lipinski definition) is 5. The first kappa shape index (κ1) is 23.4. The summed E-state index contributed by atoms with van der Waals surface area (Å²) in [5.41, 5.74) is 1.08. The largest absolute Gasteiger partial charge is 0.416 e. The van der Waals surface area contributed by atoms with Gasteiger partial charge in [0.15, 0.2) is 0 Å². The van der Waals surface area contributed by atoms with Crippen molar-refractivity contribution in [3.63, 3.8) is 0 Å². The van der Waals surface area contributed by atoms with Crippen LogP contribution in [0.15, 0.2) is 36.4 Å². The zero-order valence-corrected chi connectivity index (χ0v) is 18.9. The fraction of sp³-hybridized carbons (Fsp3) is 0.440. The molecule has 0 bridgehead atoms. The first-order valence-corrected chi connectivity index (χ1v) is 11.1. The standard InChI is InChI=1S/C25H28F3N3O2/c1-14-11-19(24(33)9-7-20(32)8-10-24)13-21-22(14)30-16(3)31-23(21)29-15(2)17-5-4-6-18(12-17)25(26,27)28/h4-6,11-13,15,20,32-33H,7-10H2,1-3H3,(H,29,30,31)/t15-,20-,24-/m1/s1. The summed E-state index contributed by atoms with van der Waals surface area (Å²) >= 11 is 0. The highest BCUT2D eigenvalue weighted by Gasteiger charge is 2.35. The van der Waals surface area contributed by atoms with E-state index in [1.54, 1.807) is 19.9 Å². The maximum Gasteiger partial charge on any atom is 0.416 e. The molecule has 4 rings (SSSR count). The van der Waals surface area contributed by atoms with Crippen molar-refractivity contribution in [3.05, 3.63) is 64.5 Å². The zero-order chi connectivity index (χ0) is 24.0. The average molecular weight is 460 g/mol. The van der Waals surface area contributed by atoms with E-state index in [4.69, 9.17) is 0 Å². The summed E-state index contributed by atoms with van der Waals surface area (Å²) in [5.74, 6) is 1.04. The first-order chi connectivity index (χ1) is 15.5. The Labute approximate surface area is 190 Å². The molecule has 0 unspecified atom stereocenters. The van der Waals surface area contributed by atoms with Crippen LogP contribution in [0.25, 0.3) is 10.9 Å². The molecule has 3 aromatic rings. The number of rotatable bonds is 4. The lowest BCUT2D eigenvalue weighted by Crippen LogP contribution is -2.33. The summed E-state index contributed by atoms with van der Waals surface area (Å²) in [5, 5.41) is 25.1. The maximum absolute atomic E-state index is 13.2. The number of fused-ring (bicyclic) bond motifs is 1. The molecule has 8 heteroatoms. The number of alkyl halides is 3. The van der Waals surface area contributed by atoms with Crippen molar-refractivity contribution in [1.29, 1.82) is 0 Å². The van der Waals surface area contributed by atoms with Crippen molar-refractivity contribution in [2.24, 2.45) is 0 Å². The van der Waals surface area contributed by atoms with Crippen LogP contribution in [0.5, 0.6) is 0 Å². The molecule has 1 saturated carbocycles. The number of halogens is 3. The van der Waals surface area contributed by atoms with E-state index in [-0.39, 0.29) is 0 Å². The number of anilines is 1. The predicted molar refractivity (Wildman–Crippen MR) is 121 cm³/mol. The molecule has 1 aliphatic rings. The average Bonchev–Trinajstić information content (AvgIpc) is 2.76. The van der Waals surface area contributed by atoms with Crippen molar-refractivity contribution in [3.8, 4) is 0 Å². The van der Waals surface area contributed by atoms with Crippen LogP contribution in [0.1, 0.15) is 66.7 Å². The molecular weight excluding hydrogens is 431 g/mol. The van der Waals surface area contributed by atoms with Crippen molar-refractivity contribution >= 4 is 16.7 Å². The molecule has 2 aromatic carbocycles. The lowest BCUT2D eigenvalue weighted by atomic mass is 9.78. The number of aliphatic hydroxyl groups excluding tert-OH is 1. The van der Waals surface area contributed by atoms with Crippen molar-refractivity contribution in [2.45, 2.75) is 70.4 Å². The second-order valence-electron chi connectivity index (χ2n) is 9.06. The SMILES string of the molecule is Cc1nc(N[C@H](C)c2cccc(C(F)(F)F)c2)c2cc([C@]3(O)CC[C@H](O)CC3)cc(C)c2n1. The number of hydrogen-bond donors (Lipinski definition) is 3. The van der Waals surface area contributed by atoms with Gasteiger partial charge in [0.1, 0.15) is 11.6 Å². The Balaban J connectivity index is 1.74. The van der Waals surface area contributed by atoms with Gasteiger partial charge in [-0.05, 0) is 81.3 Å². The minimum atomic E-state index is -4.41. The van der Waals surface area contributed by atoms with Crippen molar-refractivity contribution in [1.82, 2.24) is 9.97 Å². The third-order valence-corrected chi connectivity index (χ3v) is 6.49. The molecule has 1 aliphatic carbocycles. The number of aliphatic hydroxyl groups is 2. The van der Waals surface area contributed by atoms with Gasteiger partial charge in [0, 0.05) is 11.4 Å². The number of aromatic nitrogens is 2. The maximum atomic E-state index is 13.2. The summed E-state index contributed by atoms with van der Waals surface area (Å²) in [6.07, 6.45) is -2.86. The number of aryl methyl sites for hydroxylation is 2. The molecule has 0 spiro atoms. The summed E-state index contributed by atoms with van der Waals surface area (Å²) in [4.78, 5) is 9.10. The van der Waals surface area contributed by atoms with Crippen LogP contribution in [0.4, 0.5) is 19.0 Å². The monoisotopic (exact) mass is 459 g/mol. The van der Waals surface area contributed by atoms with Gasteiger partial charge in [0.2, 0.25) is 0 Å². The van der Waals surface area contributed by atoms with Gasteiger partial charge < -0.3 is 15.5 Å². The van der Waals surface area contributed by atoms with E-state index in [1.807, 2.05) is 19.1 Å². The molecule has 1 atom stereocenters. The molecule has 1 heterocycles. The van der Waals surface area contributed by atoms with Gasteiger partial charge in [-0.3, -0.25) is 0 Å². The highest BCUT2D eigenvalue weighted by Crippen LogP contribution is 2.40. The molecule has 33 heavy (non-hydrogen) atoms. The van der Waals surface area contributed by atoms with Gasteiger partial charge in [-0.15, -0.1) is 0 Å². The smallest absolute Gasteiger partial charge is 0.393 e. The van der Waals surface area contributed by atoms with Crippen LogP contribution in [-0.4, -0.2) is 26.3 Å². The molecule has 0 saturated heterocycles. The van der Waals surface area contributed by atoms with E-state index in [0.717, 1.165) is 28.8 Å². The predicted octanol–water partition coefficient (Wildman–Crippen LogP) is 5.56. The lowest BCUT2D eigenvalue weighted by Gasteiger charge is -2.35. The van der Waals surface area contributed by atoms with E-state index < -0.39 is 29.5 Å². The number of nitrogens with one attached hydrogen (secondary N) is 1. The van der Waals surface area contributed by atoms with Crippen molar-refractivity contribution in [2.75, 3.05) is 5.32 Å². The summed E-state index contributed by atoms with van der Waals surface area (Å²) < 4.78 is 39.5. The summed E-state index contributed by atoms with van der Waals surface area (Å²) in [6.45, 7) is 5.47. The number of nitrogens with zero attached hydrogens (tertiary/aromatic N) is 2. The summed E-state index contributed by atoms with van der Waals surface area (Å²) in [6, 6.07) is 8.58. The van der Waals surface area contributed by atoms with E-state index in [1.165, 1.54) is 6.07 Å². The van der Waals surface area contributed by atoms with Crippen LogP contribution in [0.3, 0.4) is 0 Å². The Morgan fingerprint density at radius 2 is 1.79 bits per heavy atom. The van der Waals surface area contributed by atoms with Gasteiger partial charge in [-0.1, -0.05) is 18.2 Å². The summed E-state index contributed by atoms with van der Waals surface area (Å²) in [7, 11) is 0. The Morgan fingerprint density at radius 3 is 2.45 bits per heavy atom. The Kier molecular flexibility index (Phi) is 6.09. The van der Waals surface area contributed by atoms with Gasteiger partial charge in [0.05, 0.1) is 22.8 Å². The highest BCUT2D eigenvalue weighted by molar-refractivity contribution is 5.92. The van der Waals surface area contributed by atoms with E-state index in [0.29, 0.717) is 48.3 Å². The fourth-order valence-electron chi connectivity index (χ4n) is 4.54. The molecular formula is C25H28F3N3O2. The van der Waals surface area contributed by atoms with E-state index in [2.05, 4.69) is 15.3 Å². The van der Waals surface area contributed by atoms with Gasteiger partial charge in [0.25, 0.3) is 0 Å². The van der Waals surface area contributed by atoms with Crippen molar-refractivity contribution < 1.29 is 23.4 Å². The molecule has 0 aliphatic heterocycles. The van der Waals surface area contributed by atoms with Gasteiger partial charge in [-0.25, -0.2) is 9.97 Å². The van der Waals surface area contributed by atoms with Crippen LogP contribution >= 0.6 is 0 Å². The Morgan fingerprint density at radius 1 is 1.09 bits per heavy atom. The van der Waals surface area contributed by atoms with Gasteiger partial charge >= 0.3 is 6.18 Å². The lowest BCUT2D eigenvalue weighted by molar-refractivity contribution is -0.137.